The molecule has 0 spiro atoms. The maximum Gasteiger partial charge on any atom is 0.152 e. The predicted octanol–water partition coefficient (Wildman–Crippen LogP) is 3.35. The molecule has 0 saturated carbocycles. The fourth-order valence-corrected chi connectivity index (χ4v) is 1.28. The first-order valence-electron chi connectivity index (χ1n) is 4.87. The minimum absolute atomic E-state index is 0.152. The van der Waals surface area contributed by atoms with Crippen LogP contribution in [0.1, 0.15) is 46.5 Å². The van der Waals surface area contributed by atoms with Crippen LogP contribution in [-0.4, -0.2) is 5.78 Å². The van der Waals surface area contributed by atoms with Crippen molar-refractivity contribution in [3.63, 3.8) is 0 Å². The van der Waals surface area contributed by atoms with Gasteiger partial charge in [0.05, 0.1) is 0 Å². The highest BCUT2D eigenvalue weighted by Crippen LogP contribution is 2.14. The van der Waals surface area contributed by atoms with E-state index in [9.17, 15) is 4.79 Å². The minimum Gasteiger partial charge on any atom is -0.295 e. The maximum atomic E-state index is 10.5. The van der Waals surface area contributed by atoms with Crippen LogP contribution < -0.4 is 0 Å². The number of carbonyl (C=O) groups excluding carboxylic acids is 1. The Kier molecular flexibility index (Phi) is 6.73. The highest BCUT2D eigenvalue weighted by molar-refractivity contribution is 5.87. The summed E-state index contributed by atoms with van der Waals surface area (Å²) in [4.78, 5) is 10.5. The second-order valence-electron chi connectivity index (χ2n) is 3.27. The molecule has 0 heterocycles. The van der Waals surface area contributed by atoms with Gasteiger partial charge < -0.3 is 0 Å². The molecule has 0 amide bonds. The molecule has 0 N–H and O–H groups in total. The standard InChI is InChI=1S/C11H20O/c1-4-11(5-2)9-7-6-8-10(3)12/h6,8,11H,4-5,7,9H2,1-3H3/b8-6-. The van der Waals surface area contributed by atoms with E-state index in [-0.39, 0.29) is 5.78 Å². The zero-order chi connectivity index (χ0) is 9.40. The molecule has 0 aromatic carbocycles. The normalized spacial score (nSPS) is 11.3. The van der Waals surface area contributed by atoms with Crippen LogP contribution in [-0.2, 0) is 4.79 Å². The van der Waals surface area contributed by atoms with Crippen LogP contribution >= 0.6 is 0 Å². The number of carbonyl (C=O) groups is 1. The lowest BCUT2D eigenvalue weighted by molar-refractivity contribution is -0.112. The molecule has 0 unspecified atom stereocenters. The molecule has 0 aliphatic heterocycles. The molecule has 70 valence electrons. The van der Waals surface area contributed by atoms with Crippen LogP contribution in [0.15, 0.2) is 12.2 Å². The molecule has 0 rings (SSSR count). The molecule has 0 radical (unpaired) electrons. The summed E-state index contributed by atoms with van der Waals surface area (Å²) >= 11 is 0. The molecule has 1 nitrogen and oxygen atoms in total. The van der Waals surface area contributed by atoms with Crippen LogP contribution in [0.3, 0.4) is 0 Å². The summed E-state index contributed by atoms with van der Waals surface area (Å²) in [5.41, 5.74) is 0. The van der Waals surface area contributed by atoms with Crippen LogP contribution in [0.4, 0.5) is 0 Å². The largest absolute Gasteiger partial charge is 0.295 e. The number of hydrogen-bond donors (Lipinski definition) is 0. The van der Waals surface area contributed by atoms with Crippen molar-refractivity contribution in [1.82, 2.24) is 0 Å². The lowest BCUT2D eigenvalue weighted by atomic mass is 9.97. The van der Waals surface area contributed by atoms with Crippen molar-refractivity contribution in [2.45, 2.75) is 46.5 Å². The van der Waals surface area contributed by atoms with Crippen LogP contribution in [0, 0.1) is 5.92 Å². The van der Waals surface area contributed by atoms with E-state index in [2.05, 4.69) is 13.8 Å². The lowest BCUT2D eigenvalue weighted by Gasteiger charge is -2.08. The first kappa shape index (κ1) is 11.4. The van der Waals surface area contributed by atoms with E-state index < -0.39 is 0 Å². The lowest BCUT2D eigenvalue weighted by Crippen LogP contribution is -1.95. The second kappa shape index (κ2) is 7.08. The fourth-order valence-electron chi connectivity index (χ4n) is 1.28. The summed E-state index contributed by atoms with van der Waals surface area (Å²) < 4.78 is 0. The Hall–Kier alpha value is -0.590. The zero-order valence-electron chi connectivity index (χ0n) is 8.47. The van der Waals surface area contributed by atoms with Crippen molar-refractivity contribution in [2.75, 3.05) is 0 Å². The van der Waals surface area contributed by atoms with Crippen molar-refractivity contribution in [3.05, 3.63) is 12.2 Å². The maximum absolute atomic E-state index is 10.5. The van der Waals surface area contributed by atoms with Gasteiger partial charge in [-0.3, -0.25) is 4.79 Å². The summed E-state index contributed by atoms with van der Waals surface area (Å²) in [6.45, 7) is 6.04. The Balaban J connectivity index is 3.47. The molecule has 1 heteroatoms. The molecular formula is C11H20O. The van der Waals surface area contributed by atoms with Gasteiger partial charge in [0.25, 0.3) is 0 Å². The molecule has 0 atom stereocenters. The molecular weight excluding hydrogens is 148 g/mol. The van der Waals surface area contributed by atoms with Crippen molar-refractivity contribution in [2.24, 2.45) is 5.92 Å². The molecule has 12 heavy (non-hydrogen) atoms. The summed E-state index contributed by atoms with van der Waals surface area (Å²) in [6.07, 6.45) is 8.43. The van der Waals surface area contributed by atoms with Crippen LogP contribution in [0.5, 0.6) is 0 Å². The molecule has 0 fully saturated rings. The summed E-state index contributed by atoms with van der Waals surface area (Å²) in [7, 11) is 0. The molecule has 0 aliphatic carbocycles. The average molecular weight is 168 g/mol. The van der Waals surface area contributed by atoms with E-state index in [0.29, 0.717) is 0 Å². The summed E-state index contributed by atoms with van der Waals surface area (Å²) in [6, 6.07) is 0. The molecule has 0 aromatic rings. The third-order valence-electron chi connectivity index (χ3n) is 2.25. The van der Waals surface area contributed by atoms with Gasteiger partial charge in [-0.15, -0.1) is 0 Å². The Morgan fingerprint density at radius 2 is 1.92 bits per heavy atom. The van der Waals surface area contributed by atoms with Gasteiger partial charge in [-0.25, -0.2) is 0 Å². The van der Waals surface area contributed by atoms with Crippen molar-refractivity contribution in [3.8, 4) is 0 Å². The second-order valence-corrected chi connectivity index (χ2v) is 3.27. The first-order valence-corrected chi connectivity index (χ1v) is 4.87. The van der Waals surface area contributed by atoms with Crippen molar-refractivity contribution in [1.29, 1.82) is 0 Å². The van der Waals surface area contributed by atoms with E-state index in [1.54, 1.807) is 13.0 Å². The Labute approximate surface area is 75.9 Å². The van der Waals surface area contributed by atoms with E-state index in [1.165, 1.54) is 19.3 Å². The summed E-state index contributed by atoms with van der Waals surface area (Å²) in [5, 5.41) is 0. The Morgan fingerprint density at radius 3 is 2.33 bits per heavy atom. The van der Waals surface area contributed by atoms with Gasteiger partial charge in [-0.2, -0.15) is 0 Å². The van der Waals surface area contributed by atoms with Gasteiger partial charge in [0.1, 0.15) is 0 Å². The third-order valence-corrected chi connectivity index (χ3v) is 2.25. The van der Waals surface area contributed by atoms with E-state index in [1.807, 2.05) is 6.08 Å². The third kappa shape index (κ3) is 6.14. The minimum atomic E-state index is 0.152. The molecule has 0 aliphatic rings. The first-order chi connectivity index (χ1) is 5.70. The van der Waals surface area contributed by atoms with Gasteiger partial charge in [-0.05, 0) is 31.8 Å². The number of ketones is 1. The molecule has 0 aromatic heterocycles. The van der Waals surface area contributed by atoms with Crippen molar-refractivity contribution < 1.29 is 4.79 Å². The Morgan fingerprint density at radius 1 is 1.33 bits per heavy atom. The molecule has 0 saturated heterocycles. The number of allylic oxidation sites excluding steroid dienone is 2. The zero-order valence-corrected chi connectivity index (χ0v) is 8.47. The topological polar surface area (TPSA) is 17.1 Å². The fraction of sp³-hybridized carbons (Fsp3) is 0.727. The van der Waals surface area contributed by atoms with Gasteiger partial charge in [0.2, 0.25) is 0 Å². The SMILES string of the molecule is CCC(CC)CC/C=C\C(C)=O. The van der Waals surface area contributed by atoms with Crippen LogP contribution in [0.25, 0.3) is 0 Å². The molecule has 0 bridgehead atoms. The van der Waals surface area contributed by atoms with Gasteiger partial charge >= 0.3 is 0 Å². The quantitative estimate of drug-likeness (QED) is 0.556. The van der Waals surface area contributed by atoms with Gasteiger partial charge in [-0.1, -0.05) is 32.8 Å². The highest BCUT2D eigenvalue weighted by Gasteiger charge is 2.00. The van der Waals surface area contributed by atoms with Gasteiger partial charge in [0.15, 0.2) is 5.78 Å². The van der Waals surface area contributed by atoms with Crippen molar-refractivity contribution >= 4 is 5.78 Å². The monoisotopic (exact) mass is 168 g/mol. The van der Waals surface area contributed by atoms with E-state index in [4.69, 9.17) is 0 Å². The number of rotatable bonds is 6. The summed E-state index contributed by atoms with van der Waals surface area (Å²) in [5.74, 6) is 0.987. The smallest absolute Gasteiger partial charge is 0.152 e. The Bertz CT molecular complexity index is 143. The van der Waals surface area contributed by atoms with Crippen LogP contribution in [0.2, 0.25) is 0 Å². The van der Waals surface area contributed by atoms with E-state index >= 15 is 0 Å². The average Bonchev–Trinajstić information content (AvgIpc) is 2.04. The van der Waals surface area contributed by atoms with Gasteiger partial charge in [0, 0.05) is 0 Å². The van der Waals surface area contributed by atoms with E-state index in [0.717, 1.165) is 12.3 Å². The highest BCUT2D eigenvalue weighted by atomic mass is 16.1. The predicted molar refractivity (Wildman–Crippen MR) is 53.1 cm³/mol. The number of hydrogen-bond acceptors (Lipinski definition) is 1.